The highest BCUT2D eigenvalue weighted by molar-refractivity contribution is 5.13. The van der Waals surface area contributed by atoms with Crippen molar-refractivity contribution in [2.45, 2.75) is 58.2 Å². The minimum absolute atomic E-state index is 0.171. The summed E-state index contributed by atoms with van der Waals surface area (Å²) in [5.74, 6) is 0. The van der Waals surface area contributed by atoms with Gasteiger partial charge in [-0.25, -0.2) is 0 Å². The van der Waals surface area contributed by atoms with Gasteiger partial charge in [0.2, 0.25) is 0 Å². The normalized spacial score (nSPS) is 11.8. The number of hydrogen-bond donors (Lipinski definition) is 0. The highest BCUT2D eigenvalue weighted by Gasteiger charge is 2.15. The maximum absolute atomic E-state index is 5.68. The summed E-state index contributed by atoms with van der Waals surface area (Å²) in [5.41, 5.74) is 1.08. The third-order valence-corrected chi connectivity index (χ3v) is 3.69. The summed E-state index contributed by atoms with van der Waals surface area (Å²) in [7, 11) is 1.73. The van der Waals surface area contributed by atoms with E-state index in [0.717, 1.165) is 32.7 Å². The van der Waals surface area contributed by atoms with Crippen LogP contribution in [0.1, 0.15) is 51.5 Å². The van der Waals surface area contributed by atoms with Crippen molar-refractivity contribution in [1.29, 1.82) is 0 Å². The Balaban J connectivity index is 1.82. The predicted molar refractivity (Wildman–Crippen MR) is 91.1 cm³/mol. The monoisotopic (exact) mass is 308 g/mol. The van der Waals surface area contributed by atoms with Crippen LogP contribution in [-0.2, 0) is 20.8 Å². The first-order valence-corrected chi connectivity index (χ1v) is 8.38. The average Bonchev–Trinajstić information content (AvgIpc) is 2.53. The molecule has 0 amide bonds. The Labute approximate surface area is 136 Å². The second-order valence-electron chi connectivity index (χ2n) is 6.32. The highest BCUT2D eigenvalue weighted by atomic mass is 16.5. The van der Waals surface area contributed by atoms with Gasteiger partial charge in [0.1, 0.15) is 0 Å². The van der Waals surface area contributed by atoms with Gasteiger partial charge in [0.15, 0.2) is 0 Å². The standard InChI is InChI=1S/C19H32O3/c1-19(2,20-3)17-22-15-11-6-4-5-10-14-21-16-18-12-8-7-9-13-18/h7-9,12-13H,4-6,10-11,14-17H2,1-3H3. The molecule has 0 bridgehead atoms. The number of ether oxygens (including phenoxy) is 3. The van der Waals surface area contributed by atoms with Gasteiger partial charge in [-0.15, -0.1) is 0 Å². The molecule has 3 nitrogen and oxygen atoms in total. The molecule has 0 fully saturated rings. The fourth-order valence-electron chi connectivity index (χ4n) is 2.08. The van der Waals surface area contributed by atoms with Gasteiger partial charge in [0, 0.05) is 20.3 Å². The lowest BCUT2D eigenvalue weighted by molar-refractivity contribution is -0.0512. The van der Waals surface area contributed by atoms with Crippen LogP contribution in [0.4, 0.5) is 0 Å². The van der Waals surface area contributed by atoms with E-state index in [4.69, 9.17) is 14.2 Å². The van der Waals surface area contributed by atoms with Crippen LogP contribution in [0.3, 0.4) is 0 Å². The quantitative estimate of drug-likeness (QED) is 0.499. The van der Waals surface area contributed by atoms with E-state index < -0.39 is 0 Å². The first-order chi connectivity index (χ1) is 10.6. The third kappa shape index (κ3) is 9.93. The van der Waals surface area contributed by atoms with Gasteiger partial charge < -0.3 is 14.2 Å². The molecule has 126 valence electrons. The molecule has 0 heterocycles. The Morgan fingerprint density at radius 2 is 1.41 bits per heavy atom. The maximum atomic E-state index is 5.68. The maximum Gasteiger partial charge on any atom is 0.0855 e. The van der Waals surface area contributed by atoms with E-state index in [1.807, 2.05) is 19.9 Å². The first-order valence-electron chi connectivity index (χ1n) is 8.38. The fraction of sp³-hybridized carbons (Fsp3) is 0.684. The van der Waals surface area contributed by atoms with Crippen LogP contribution in [0.5, 0.6) is 0 Å². The molecule has 0 saturated carbocycles. The van der Waals surface area contributed by atoms with Gasteiger partial charge in [-0.2, -0.15) is 0 Å². The van der Waals surface area contributed by atoms with Crippen LogP contribution in [0.25, 0.3) is 0 Å². The van der Waals surface area contributed by atoms with Crippen LogP contribution in [0.2, 0.25) is 0 Å². The Morgan fingerprint density at radius 3 is 2.05 bits per heavy atom. The van der Waals surface area contributed by atoms with Crippen LogP contribution in [0.15, 0.2) is 30.3 Å². The highest BCUT2D eigenvalue weighted by Crippen LogP contribution is 2.09. The van der Waals surface area contributed by atoms with Gasteiger partial charge in [-0.3, -0.25) is 0 Å². The van der Waals surface area contributed by atoms with E-state index in [1.165, 1.54) is 24.8 Å². The van der Waals surface area contributed by atoms with Gasteiger partial charge in [0.25, 0.3) is 0 Å². The second-order valence-corrected chi connectivity index (χ2v) is 6.32. The number of benzene rings is 1. The van der Waals surface area contributed by atoms with Gasteiger partial charge in [-0.05, 0) is 32.3 Å². The number of rotatable bonds is 13. The van der Waals surface area contributed by atoms with Gasteiger partial charge in [0.05, 0.1) is 18.8 Å². The second kappa shape index (κ2) is 11.6. The zero-order chi connectivity index (χ0) is 16.1. The van der Waals surface area contributed by atoms with Crippen molar-refractivity contribution in [2.24, 2.45) is 0 Å². The molecule has 0 radical (unpaired) electrons. The van der Waals surface area contributed by atoms with Crippen LogP contribution < -0.4 is 0 Å². The molecule has 0 saturated heterocycles. The Bertz CT molecular complexity index is 362. The third-order valence-electron chi connectivity index (χ3n) is 3.69. The zero-order valence-corrected chi connectivity index (χ0v) is 14.5. The minimum Gasteiger partial charge on any atom is -0.378 e. The zero-order valence-electron chi connectivity index (χ0n) is 14.5. The minimum atomic E-state index is -0.171. The summed E-state index contributed by atoms with van der Waals surface area (Å²) >= 11 is 0. The summed E-state index contributed by atoms with van der Waals surface area (Å²) in [6, 6.07) is 10.3. The van der Waals surface area contributed by atoms with Gasteiger partial charge >= 0.3 is 0 Å². The molecule has 0 atom stereocenters. The lowest BCUT2D eigenvalue weighted by Gasteiger charge is -2.22. The van der Waals surface area contributed by atoms with Crippen molar-refractivity contribution in [3.05, 3.63) is 35.9 Å². The molecule has 0 aliphatic heterocycles. The van der Waals surface area contributed by atoms with E-state index in [2.05, 4.69) is 24.3 Å². The first kappa shape index (κ1) is 19.1. The summed E-state index contributed by atoms with van der Waals surface area (Å²) in [6.07, 6.45) is 5.99. The SMILES string of the molecule is COC(C)(C)COCCCCCCCOCc1ccccc1. The Kier molecular flexibility index (Phi) is 10.1. The molecular formula is C19H32O3. The lowest BCUT2D eigenvalue weighted by Crippen LogP contribution is -2.29. The van der Waals surface area contributed by atoms with Crippen molar-refractivity contribution >= 4 is 0 Å². The van der Waals surface area contributed by atoms with Crippen LogP contribution in [0, 0.1) is 0 Å². The summed E-state index contributed by atoms with van der Waals surface area (Å²) in [4.78, 5) is 0. The smallest absolute Gasteiger partial charge is 0.0855 e. The van der Waals surface area contributed by atoms with Crippen LogP contribution >= 0.6 is 0 Å². The Hall–Kier alpha value is -0.900. The molecule has 1 rings (SSSR count). The largest absolute Gasteiger partial charge is 0.378 e. The van der Waals surface area contributed by atoms with Crippen molar-refractivity contribution in [3.63, 3.8) is 0 Å². The number of unbranched alkanes of at least 4 members (excludes halogenated alkanes) is 4. The van der Waals surface area contributed by atoms with Crippen molar-refractivity contribution < 1.29 is 14.2 Å². The molecule has 0 spiro atoms. The van der Waals surface area contributed by atoms with Crippen molar-refractivity contribution in [2.75, 3.05) is 26.9 Å². The topological polar surface area (TPSA) is 27.7 Å². The molecule has 0 aliphatic carbocycles. The van der Waals surface area contributed by atoms with Crippen molar-refractivity contribution in [3.8, 4) is 0 Å². The molecular weight excluding hydrogens is 276 g/mol. The van der Waals surface area contributed by atoms with E-state index >= 15 is 0 Å². The van der Waals surface area contributed by atoms with Crippen molar-refractivity contribution in [1.82, 2.24) is 0 Å². The fourth-order valence-corrected chi connectivity index (χ4v) is 2.08. The molecule has 0 aliphatic rings. The van der Waals surface area contributed by atoms with E-state index in [1.54, 1.807) is 7.11 Å². The molecule has 1 aromatic rings. The van der Waals surface area contributed by atoms with E-state index in [-0.39, 0.29) is 5.60 Å². The molecule has 0 N–H and O–H groups in total. The molecule has 1 aromatic carbocycles. The van der Waals surface area contributed by atoms with E-state index in [9.17, 15) is 0 Å². The summed E-state index contributed by atoms with van der Waals surface area (Å²) < 4.78 is 16.6. The average molecular weight is 308 g/mol. The summed E-state index contributed by atoms with van der Waals surface area (Å²) in [5, 5.41) is 0. The molecule has 22 heavy (non-hydrogen) atoms. The number of hydrogen-bond acceptors (Lipinski definition) is 3. The molecule has 0 aromatic heterocycles. The molecule has 3 heteroatoms. The van der Waals surface area contributed by atoms with Crippen LogP contribution in [-0.4, -0.2) is 32.5 Å². The number of methoxy groups -OCH3 is 1. The molecule has 0 unspecified atom stereocenters. The Morgan fingerprint density at radius 1 is 0.818 bits per heavy atom. The summed E-state index contributed by atoms with van der Waals surface area (Å²) in [6.45, 7) is 7.16. The van der Waals surface area contributed by atoms with E-state index in [0.29, 0.717) is 6.61 Å². The predicted octanol–water partition coefficient (Wildman–Crippen LogP) is 4.60. The lowest BCUT2D eigenvalue weighted by atomic mass is 10.1. The van der Waals surface area contributed by atoms with Gasteiger partial charge in [-0.1, -0.05) is 49.6 Å².